The summed E-state index contributed by atoms with van der Waals surface area (Å²) in [5.41, 5.74) is 0.987. The first kappa shape index (κ1) is 24.8. The molecule has 4 rings (SSSR count). The number of ether oxygens (including phenoxy) is 3. The first-order chi connectivity index (χ1) is 17.3. The third-order valence-corrected chi connectivity index (χ3v) is 5.69. The number of hydrogen-bond acceptors (Lipinski definition) is 8. The lowest BCUT2D eigenvalue weighted by Crippen LogP contribution is -2.21. The van der Waals surface area contributed by atoms with Gasteiger partial charge in [-0.05, 0) is 38.1 Å². The smallest absolute Gasteiger partial charge is 0.338 e. The highest BCUT2D eigenvalue weighted by atomic mass is 35.5. The van der Waals surface area contributed by atoms with Gasteiger partial charge in [-0.3, -0.25) is 14.9 Å². The maximum absolute atomic E-state index is 12.5. The van der Waals surface area contributed by atoms with Crippen molar-refractivity contribution < 1.29 is 28.2 Å². The van der Waals surface area contributed by atoms with E-state index in [2.05, 4.69) is 15.5 Å². The molecule has 4 aromatic rings. The molecule has 186 valence electrons. The van der Waals surface area contributed by atoms with Crippen LogP contribution in [0.5, 0.6) is 11.5 Å². The van der Waals surface area contributed by atoms with Crippen LogP contribution in [0.1, 0.15) is 27.4 Å². The second-order valence-electron chi connectivity index (χ2n) is 7.75. The molecule has 0 aliphatic carbocycles. The molecule has 1 amide bonds. The highest BCUT2D eigenvalue weighted by Crippen LogP contribution is 2.30. The van der Waals surface area contributed by atoms with E-state index in [1.54, 1.807) is 26.0 Å². The van der Waals surface area contributed by atoms with Crippen LogP contribution in [0.3, 0.4) is 0 Å². The Bertz CT molecular complexity index is 1510. The number of H-pyrrole nitrogens is 1. The van der Waals surface area contributed by atoms with E-state index in [1.165, 1.54) is 19.2 Å². The lowest BCUT2D eigenvalue weighted by atomic mass is 10.2. The summed E-state index contributed by atoms with van der Waals surface area (Å²) in [5.74, 6) is -0.336. The number of rotatable bonds is 8. The second-order valence-corrected chi connectivity index (χ2v) is 8.15. The van der Waals surface area contributed by atoms with Gasteiger partial charge in [-0.15, -0.1) is 0 Å². The molecule has 2 aromatic carbocycles. The highest BCUT2D eigenvalue weighted by molar-refractivity contribution is 6.31. The molecule has 0 saturated carbocycles. The van der Waals surface area contributed by atoms with Gasteiger partial charge in [0.25, 0.3) is 11.5 Å². The number of nitrogens with one attached hydrogen (secondary N) is 2. The third-order valence-electron chi connectivity index (χ3n) is 5.33. The Kier molecular flexibility index (Phi) is 7.25. The predicted molar refractivity (Wildman–Crippen MR) is 132 cm³/mol. The number of carbonyl (C=O) groups is 2. The second kappa shape index (κ2) is 10.5. The molecule has 0 radical (unpaired) electrons. The van der Waals surface area contributed by atoms with Crippen molar-refractivity contribution in [3.8, 4) is 11.5 Å². The normalized spacial score (nSPS) is 10.8. The van der Waals surface area contributed by atoms with Gasteiger partial charge >= 0.3 is 5.97 Å². The van der Waals surface area contributed by atoms with E-state index in [0.29, 0.717) is 33.4 Å². The summed E-state index contributed by atoms with van der Waals surface area (Å²) < 4.78 is 21.7. The Morgan fingerprint density at radius 1 is 1.11 bits per heavy atom. The molecule has 0 atom stereocenters. The summed E-state index contributed by atoms with van der Waals surface area (Å²) in [5, 5.41) is 9.96. The number of aryl methyl sites for hydroxylation is 2. The third kappa shape index (κ3) is 5.18. The van der Waals surface area contributed by atoms with Gasteiger partial charge in [-0.25, -0.2) is 9.89 Å². The number of halogens is 1. The minimum absolute atomic E-state index is 0.0445. The van der Waals surface area contributed by atoms with Crippen LogP contribution in [-0.2, 0) is 16.1 Å². The average Bonchev–Trinajstić information content (AvgIpc) is 3.20. The summed E-state index contributed by atoms with van der Waals surface area (Å²) in [7, 11) is 1.44. The number of aromatic amines is 1. The van der Waals surface area contributed by atoms with Gasteiger partial charge in [0.1, 0.15) is 17.8 Å². The number of anilines is 1. The van der Waals surface area contributed by atoms with Crippen LogP contribution >= 0.6 is 11.6 Å². The number of methoxy groups -OCH3 is 1. The van der Waals surface area contributed by atoms with Crippen molar-refractivity contribution in [3.05, 3.63) is 80.4 Å². The average molecular weight is 512 g/mol. The molecule has 0 saturated heterocycles. The lowest BCUT2D eigenvalue weighted by molar-refractivity contribution is -0.119. The van der Waals surface area contributed by atoms with E-state index < -0.39 is 24.0 Å². The fourth-order valence-corrected chi connectivity index (χ4v) is 3.78. The topological polar surface area (TPSA) is 133 Å². The molecule has 36 heavy (non-hydrogen) atoms. The maximum Gasteiger partial charge on any atom is 0.338 e. The van der Waals surface area contributed by atoms with Gasteiger partial charge in [0, 0.05) is 10.6 Å². The van der Waals surface area contributed by atoms with Crippen LogP contribution in [0.4, 0.5) is 5.88 Å². The number of amides is 1. The molecule has 0 unspecified atom stereocenters. The summed E-state index contributed by atoms with van der Waals surface area (Å²) in [4.78, 5) is 37.1. The van der Waals surface area contributed by atoms with Gasteiger partial charge < -0.3 is 18.6 Å². The molecule has 0 aliphatic rings. The van der Waals surface area contributed by atoms with Crippen molar-refractivity contribution in [1.82, 2.24) is 10.2 Å². The molecule has 2 aromatic heterocycles. The summed E-state index contributed by atoms with van der Waals surface area (Å²) >= 11 is 6.16. The Morgan fingerprint density at radius 2 is 1.89 bits per heavy atom. The van der Waals surface area contributed by atoms with E-state index >= 15 is 0 Å². The largest absolute Gasteiger partial charge is 0.493 e. The number of furan rings is 1. The Labute approximate surface area is 210 Å². The quantitative estimate of drug-likeness (QED) is 0.337. The maximum atomic E-state index is 12.5. The fraction of sp³-hybridized carbons (Fsp3) is 0.200. The van der Waals surface area contributed by atoms with Crippen molar-refractivity contribution in [3.63, 3.8) is 0 Å². The predicted octanol–water partition coefficient (Wildman–Crippen LogP) is 4.17. The number of fused-ring (bicyclic) bond motifs is 1. The molecule has 2 heterocycles. The molecule has 0 fully saturated rings. The number of aromatic nitrogens is 2. The first-order valence-corrected chi connectivity index (χ1v) is 11.2. The molecule has 0 bridgehead atoms. The van der Waals surface area contributed by atoms with E-state index in [9.17, 15) is 14.4 Å². The van der Waals surface area contributed by atoms with Crippen LogP contribution in [0.2, 0.25) is 5.02 Å². The number of esters is 1. The molecule has 11 heteroatoms. The Morgan fingerprint density at radius 3 is 2.64 bits per heavy atom. The van der Waals surface area contributed by atoms with E-state index in [0.717, 1.165) is 5.56 Å². The first-order valence-electron chi connectivity index (χ1n) is 10.8. The monoisotopic (exact) mass is 511 g/mol. The standard InChI is InChI=1S/C25H22ClN3O7/c1-13-21-14(2)36-24(22(21)23(31)29-28-13)27-20(30)12-35-25(32)15-8-9-18(19(10-15)33-3)34-11-16-6-4-5-7-17(16)26/h4-10H,11-12H2,1-3H3,(H,27,30)(H,29,31). The zero-order chi connectivity index (χ0) is 25.8. The zero-order valence-electron chi connectivity index (χ0n) is 19.6. The van der Waals surface area contributed by atoms with Crippen molar-refractivity contribution in [2.75, 3.05) is 19.0 Å². The number of benzene rings is 2. The molecule has 2 N–H and O–H groups in total. The van der Waals surface area contributed by atoms with E-state index in [-0.39, 0.29) is 23.4 Å². The van der Waals surface area contributed by atoms with Crippen LogP contribution in [0, 0.1) is 13.8 Å². The van der Waals surface area contributed by atoms with Gasteiger partial charge in [0.2, 0.25) is 5.88 Å². The molecule has 0 spiro atoms. The fourth-order valence-electron chi connectivity index (χ4n) is 3.59. The number of carbonyl (C=O) groups excluding carboxylic acids is 2. The van der Waals surface area contributed by atoms with Crippen molar-refractivity contribution in [1.29, 1.82) is 0 Å². The lowest BCUT2D eigenvalue weighted by Gasteiger charge is -2.13. The number of nitrogens with zero attached hydrogens (tertiary/aromatic N) is 1. The minimum atomic E-state index is -0.750. The Hall–Kier alpha value is -4.31. The highest BCUT2D eigenvalue weighted by Gasteiger charge is 2.20. The van der Waals surface area contributed by atoms with E-state index in [4.69, 9.17) is 30.2 Å². The summed E-state index contributed by atoms with van der Waals surface area (Å²) in [6.45, 7) is 2.96. The van der Waals surface area contributed by atoms with Gasteiger partial charge in [0.15, 0.2) is 18.1 Å². The van der Waals surface area contributed by atoms with Crippen molar-refractivity contribution in [2.24, 2.45) is 0 Å². The SMILES string of the molecule is COc1cc(C(=O)OCC(=O)Nc2oc(C)c3c(C)n[nH]c(=O)c23)ccc1OCc1ccccc1Cl. The molecular formula is C25H22ClN3O7. The van der Waals surface area contributed by atoms with Gasteiger partial charge in [0.05, 0.1) is 23.8 Å². The number of hydrogen-bond donors (Lipinski definition) is 2. The van der Waals surface area contributed by atoms with Crippen LogP contribution in [0.15, 0.2) is 51.7 Å². The molecular weight excluding hydrogens is 490 g/mol. The Balaban J connectivity index is 1.40. The van der Waals surface area contributed by atoms with E-state index in [1.807, 2.05) is 18.2 Å². The van der Waals surface area contributed by atoms with Gasteiger partial charge in [-0.1, -0.05) is 29.8 Å². The minimum Gasteiger partial charge on any atom is -0.493 e. The van der Waals surface area contributed by atoms with Crippen LogP contribution in [-0.4, -0.2) is 35.8 Å². The molecule has 10 nitrogen and oxygen atoms in total. The van der Waals surface area contributed by atoms with Crippen molar-refractivity contribution in [2.45, 2.75) is 20.5 Å². The zero-order valence-corrected chi connectivity index (χ0v) is 20.4. The summed E-state index contributed by atoms with van der Waals surface area (Å²) in [6, 6.07) is 11.8. The molecule has 0 aliphatic heterocycles. The summed E-state index contributed by atoms with van der Waals surface area (Å²) in [6.07, 6.45) is 0. The van der Waals surface area contributed by atoms with Crippen molar-refractivity contribution >= 4 is 40.1 Å². The van der Waals surface area contributed by atoms with Gasteiger partial charge in [-0.2, -0.15) is 5.10 Å². The van der Waals surface area contributed by atoms with Crippen LogP contribution in [0.25, 0.3) is 10.8 Å². The van der Waals surface area contributed by atoms with Crippen LogP contribution < -0.4 is 20.3 Å².